The Morgan fingerprint density at radius 3 is 2.00 bits per heavy atom. The van der Waals surface area contributed by atoms with Crippen molar-refractivity contribution in [3.8, 4) is 0 Å². The molecule has 4 nitrogen and oxygen atoms in total. The standard InChI is InChI=1S/C5H9NO2.C3H9N.2ClH/c1-2-5(7)8-4-3-6;1-4(2)3;;/h2H,1,3-4,6H2;1-3H3;2*1H. The molecular weight excluding hydrogens is 227 g/mol. The van der Waals surface area contributed by atoms with Crippen molar-refractivity contribution < 1.29 is 45.0 Å². The minimum atomic E-state index is -0.381. The van der Waals surface area contributed by atoms with Crippen molar-refractivity contribution in [1.29, 1.82) is 0 Å². The van der Waals surface area contributed by atoms with Gasteiger partial charge in [-0.3, -0.25) is 0 Å². The third-order valence-corrected chi connectivity index (χ3v) is 0.555. The average Bonchev–Trinajstić information content (AvgIpc) is 1.99. The molecule has 0 spiro atoms. The molecule has 6 heteroatoms. The van der Waals surface area contributed by atoms with Crippen LogP contribution in [0.2, 0.25) is 0 Å². The monoisotopic (exact) mass is 246 g/mol. The summed E-state index contributed by atoms with van der Waals surface area (Å²) < 4.78 is 4.52. The summed E-state index contributed by atoms with van der Waals surface area (Å²) in [6, 6.07) is 0. The maximum absolute atomic E-state index is 10.2. The van der Waals surface area contributed by atoms with E-state index >= 15 is 0 Å². The summed E-state index contributed by atoms with van der Waals surface area (Å²) in [7, 11) is 6.25. The predicted molar refractivity (Wildman–Crippen MR) is 47.6 cm³/mol. The van der Waals surface area contributed by atoms with Crippen molar-refractivity contribution in [2.75, 3.05) is 34.3 Å². The van der Waals surface area contributed by atoms with Gasteiger partial charge in [0.2, 0.25) is 0 Å². The van der Waals surface area contributed by atoms with Gasteiger partial charge < -0.3 is 40.2 Å². The smallest absolute Gasteiger partial charge is 0.330 e. The molecule has 0 heterocycles. The number of quaternary nitrogens is 2. The fraction of sp³-hybridized carbons (Fsp3) is 0.625. The predicted octanol–water partition coefficient (Wildman–Crippen LogP) is -8.27. The zero-order chi connectivity index (χ0) is 9.98. The van der Waals surface area contributed by atoms with E-state index in [-0.39, 0.29) is 30.8 Å². The molecule has 0 aliphatic rings. The molecule has 0 saturated carbocycles. The molecule has 0 aliphatic carbocycles. The van der Waals surface area contributed by atoms with Gasteiger partial charge in [-0.15, -0.1) is 0 Å². The molecule has 4 N–H and O–H groups in total. The Balaban J connectivity index is -0.0000000733. The van der Waals surface area contributed by atoms with E-state index in [4.69, 9.17) is 0 Å². The highest BCUT2D eigenvalue weighted by molar-refractivity contribution is 5.81. The van der Waals surface area contributed by atoms with E-state index in [9.17, 15) is 4.79 Å². The number of hydrogen-bond donors (Lipinski definition) is 2. The summed E-state index contributed by atoms with van der Waals surface area (Å²) in [6.07, 6.45) is 1.13. The van der Waals surface area contributed by atoms with Crippen LogP contribution in [-0.4, -0.2) is 40.3 Å². The SMILES string of the molecule is C=CC(=O)OCC[NH3+].C[NH+](C)C.[Cl-].[Cl-]. The third kappa shape index (κ3) is 41.2. The van der Waals surface area contributed by atoms with E-state index in [1.165, 1.54) is 4.90 Å². The van der Waals surface area contributed by atoms with Gasteiger partial charge in [0.25, 0.3) is 0 Å². The van der Waals surface area contributed by atoms with Crippen LogP contribution in [0.25, 0.3) is 0 Å². The van der Waals surface area contributed by atoms with E-state index < -0.39 is 0 Å². The third-order valence-electron chi connectivity index (χ3n) is 0.555. The quantitative estimate of drug-likeness (QED) is 0.384. The number of carbonyl (C=O) groups excluding carboxylic acids is 1. The van der Waals surface area contributed by atoms with Gasteiger partial charge in [0, 0.05) is 6.08 Å². The first kappa shape index (κ1) is 23.5. The van der Waals surface area contributed by atoms with Crippen LogP contribution in [0.4, 0.5) is 0 Å². The molecule has 0 amide bonds. The molecule has 0 rings (SSSR count). The topological polar surface area (TPSA) is 58.4 Å². The fourth-order valence-corrected chi connectivity index (χ4v) is 0.232. The number of esters is 1. The molecule has 0 atom stereocenters. The van der Waals surface area contributed by atoms with Crippen LogP contribution >= 0.6 is 0 Å². The first-order valence-corrected chi connectivity index (χ1v) is 3.89. The first-order chi connectivity index (χ1) is 5.54. The lowest BCUT2D eigenvalue weighted by atomic mass is 10.6. The molecule has 0 aliphatic heterocycles. The summed E-state index contributed by atoms with van der Waals surface area (Å²) in [4.78, 5) is 11.6. The van der Waals surface area contributed by atoms with Gasteiger partial charge in [-0.1, -0.05) is 6.58 Å². The summed E-state index contributed by atoms with van der Waals surface area (Å²) in [6.45, 7) is 4.21. The van der Waals surface area contributed by atoms with Crippen molar-refractivity contribution >= 4 is 5.97 Å². The molecule has 0 saturated heterocycles. The van der Waals surface area contributed by atoms with Crippen LogP contribution in [0.5, 0.6) is 0 Å². The van der Waals surface area contributed by atoms with Crippen molar-refractivity contribution in [3.63, 3.8) is 0 Å². The number of carbonyl (C=O) groups is 1. The lowest BCUT2D eigenvalue weighted by Crippen LogP contribution is -3.02. The number of rotatable bonds is 3. The van der Waals surface area contributed by atoms with Gasteiger partial charge in [-0.05, 0) is 0 Å². The van der Waals surface area contributed by atoms with Crippen LogP contribution in [0.3, 0.4) is 0 Å². The van der Waals surface area contributed by atoms with Crippen molar-refractivity contribution in [2.24, 2.45) is 0 Å². The van der Waals surface area contributed by atoms with E-state index in [0.29, 0.717) is 13.2 Å². The summed E-state index contributed by atoms with van der Waals surface area (Å²) in [5.74, 6) is -0.381. The lowest BCUT2D eigenvalue weighted by Gasteiger charge is -1.93. The molecule has 0 aromatic carbocycles. The van der Waals surface area contributed by atoms with E-state index in [1.54, 1.807) is 0 Å². The largest absolute Gasteiger partial charge is 1.00 e. The highest BCUT2D eigenvalue weighted by Crippen LogP contribution is 1.74. The molecule has 0 radical (unpaired) electrons. The van der Waals surface area contributed by atoms with E-state index in [0.717, 1.165) is 6.08 Å². The Morgan fingerprint density at radius 2 is 1.79 bits per heavy atom. The number of hydrogen-bond acceptors (Lipinski definition) is 2. The summed E-state index contributed by atoms with van der Waals surface area (Å²) >= 11 is 0. The Kier molecular flexibility index (Phi) is 31.0. The fourth-order valence-electron chi connectivity index (χ4n) is 0.232. The molecule has 14 heavy (non-hydrogen) atoms. The van der Waals surface area contributed by atoms with Gasteiger partial charge in [0.15, 0.2) is 0 Å². The summed E-state index contributed by atoms with van der Waals surface area (Å²) in [5, 5.41) is 0. The van der Waals surface area contributed by atoms with Crippen LogP contribution in [0.15, 0.2) is 12.7 Å². The van der Waals surface area contributed by atoms with Gasteiger partial charge in [0.05, 0.1) is 21.1 Å². The van der Waals surface area contributed by atoms with Crippen molar-refractivity contribution in [2.45, 2.75) is 0 Å². The van der Waals surface area contributed by atoms with Crippen molar-refractivity contribution in [1.82, 2.24) is 0 Å². The highest BCUT2D eigenvalue weighted by atomic mass is 35.5. The van der Waals surface area contributed by atoms with Crippen LogP contribution in [0.1, 0.15) is 0 Å². The van der Waals surface area contributed by atoms with Gasteiger partial charge in [-0.2, -0.15) is 0 Å². The molecule has 0 fully saturated rings. The van der Waals surface area contributed by atoms with E-state index in [2.05, 4.69) is 38.2 Å². The second kappa shape index (κ2) is 18.5. The average molecular weight is 247 g/mol. The molecule has 0 unspecified atom stereocenters. The normalized spacial score (nSPS) is 7.21. The zero-order valence-electron chi connectivity index (χ0n) is 8.98. The number of ether oxygens (including phenoxy) is 1. The van der Waals surface area contributed by atoms with E-state index in [1.807, 2.05) is 0 Å². The van der Waals surface area contributed by atoms with Crippen LogP contribution in [-0.2, 0) is 9.53 Å². The second-order valence-corrected chi connectivity index (χ2v) is 2.73. The van der Waals surface area contributed by atoms with Crippen LogP contribution in [0, 0.1) is 0 Å². The van der Waals surface area contributed by atoms with Crippen LogP contribution < -0.4 is 35.4 Å². The second-order valence-electron chi connectivity index (χ2n) is 2.73. The molecule has 0 aromatic rings. The summed E-state index contributed by atoms with van der Waals surface area (Å²) in [5.41, 5.74) is 3.48. The maximum Gasteiger partial charge on any atom is 0.330 e. The van der Waals surface area contributed by atoms with Gasteiger partial charge in [-0.25, -0.2) is 4.79 Å². The minimum Gasteiger partial charge on any atom is -1.00 e. The molecule has 0 bridgehead atoms. The Hall–Kier alpha value is -0.290. The number of halogens is 2. The number of nitrogens with one attached hydrogen (secondary N) is 1. The van der Waals surface area contributed by atoms with Gasteiger partial charge in [0.1, 0.15) is 13.2 Å². The van der Waals surface area contributed by atoms with Crippen molar-refractivity contribution in [3.05, 3.63) is 12.7 Å². The Labute approximate surface area is 98.3 Å². The lowest BCUT2D eigenvalue weighted by molar-refractivity contribution is -0.836. The van der Waals surface area contributed by atoms with Gasteiger partial charge >= 0.3 is 5.97 Å². The Bertz CT molecular complexity index is 130. The zero-order valence-corrected chi connectivity index (χ0v) is 10.5. The molecule has 0 aromatic heterocycles. The Morgan fingerprint density at radius 1 is 1.43 bits per heavy atom. The maximum atomic E-state index is 10.2. The highest BCUT2D eigenvalue weighted by Gasteiger charge is 1.90. The first-order valence-electron chi connectivity index (χ1n) is 3.89. The molecule has 88 valence electrons. The molecular formula is C8H20Cl2N2O2. The minimum absolute atomic E-state index is 0.